The molecule has 0 atom stereocenters. The summed E-state index contributed by atoms with van der Waals surface area (Å²) >= 11 is 5.27. The number of thioether (sulfide) groups is 1. The van der Waals surface area contributed by atoms with Gasteiger partial charge < -0.3 is 10.6 Å². The van der Waals surface area contributed by atoms with Crippen LogP contribution in [-0.2, 0) is 4.79 Å². The van der Waals surface area contributed by atoms with Crippen LogP contribution in [0.3, 0.4) is 0 Å². The summed E-state index contributed by atoms with van der Waals surface area (Å²) in [5, 5.41) is 6.10. The molecule has 0 unspecified atom stereocenters. The van der Waals surface area contributed by atoms with Gasteiger partial charge in [0.25, 0.3) is 0 Å². The van der Waals surface area contributed by atoms with E-state index in [-0.39, 0.29) is 5.91 Å². The zero-order valence-corrected chi connectivity index (χ0v) is 12.7. The molecule has 2 N–H and O–H groups in total. The molecule has 0 aliphatic heterocycles. The summed E-state index contributed by atoms with van der Waals surface area (Å²) in [5.74, 6) is 0.00463. The first-order valence-electron chi connectivity index (χ1n) is 5.95. The molecule has 0 spiro atoms. The van der Waals surface area contributed by atoms with Crippen molar-refractivity contribution in [2.24, 2.45) is 0 Å². The van der Waals surface area contributed by atoms with Crippen LogP contribution in [0.5, 0.6) is 0 Å². The van der Waals surface area contributed by atoms with E-state index < -0.39 is 0 Å². The minimum atomic E-state index is 0.00463. The van der Waals surface area contributed by atoms with Gasteiger partial charge in [0.2, 0.25) is 5.91 Å². The van der Waals surface area contributed by atoms with E-state index in [1.54, 1.807) is 0 Å². The third-order valence-corrected chi connectivity index (χ3v) is 4.99. The molecule has 1 aliphatic carbocycles. The lowest BCUT2D eigenvalue weighted by Crippen LogP contribution is -2.33. The molecule has 0 radical (unpaired) electrons. The van der Waals surface area contributed by atoms with Crippen LogP contribution in [0, 0.1) is 0 Å². The van der Waals surface area contributed by atoms with Crippen molar-refractivity contribution in [3.05, 3.63) is 28.7 Å². The first-order valence-corrected chi connectivity index (χ1v) is 7.97. The highest BCUT2D eigenvalue weighted by atomic mass is 79.9. The Morgan fingerprint density at radius 3 is 2.89 bits per heavy atom. The van der Waals surface area contributed by atoms with Crippen molar-refractivity contribution in [2.75, 3.05) is 24.7 Å². The highest BCUT2D eigenvalue weighted by Gasteiger charge is 2.41. The first kappa shape index (κ1) is 13.9. The van der Waals surface area contributed by atoms with E-state index in [4.69, 9.17) is 0 Å². The molecule has 1 fully saturated rings. The van der Waals surface area contributed by atoms with Gasteiger partial charge in [-0.25, -0.2) is 0 Å². The van der Waals surface area contributed by atoms with Gasteiger partial charge in [0.15, 0.2) is 0 Å². The Labute approximate surface area is 120 Å². The summed E-state index contributed by atoms with van der Waals surface area (Å²) in [7, 11) is 0. The van der Waals surface area contributed by atoms with Crippen LogP contribution in [0.15, 0.2) is 28.7 Å². The van der Waals surface area contributed by atoms with Gasteiger partial charge >= 0.3 is 0 Å². The second-order valence-corrected chi connectivity index (χ2v) is 6.74. The minimum absolute atomic E-state index is 0.00463. The lowest BCUT2D eigenvalue weighted by Gasteiger charge is -2.13. The summed E-state index contributed by atoms with van der Waals surface area (Å²) in [6, 6.07) is 7.61. The highest BCUT2D eigenvalue weighted by molar-refractivity contribution is 9.10. The molecule has 0 bridgehead atoms. The number of carbonyl (C=O) groups is 1. The molecule has 1 aromatic rings. The summed E-state index contributed by atoms with van der Waals surface area (Å²) < 4.78 is 1.36. The fourth-order valence-corrected chi connectivity index (χ4v) is 2.92. The standard InChI is InChI=1S/C13H17BrN2OS/c1-18-13(5-6-13)9-15-8-12(17)16-11-4-2-3-10(14)7-11/h2-4,7,15H,5-6,8-9H2,1H3,(H,16,17). The van der Waals surface area contributed by atoms with Gasteiger partial charge in [-0.3, -0.25) is 4.79 Å². The number of benzene rings is 1. The molecule has 1 aromatic carbocycles. The zero-order chi connectivity index (χ0) is 13.0. The fraction of sp³-hybridized carbons (Fsp3) is 0.462. The Morgan fingerprint density at radius 1 is 1.50 bits per heavy atom. The summed E-state index contributed by atoms with van der Waals surface area (Å²) in [6.07, 6.45) is 4.65. The minimum Gasteiger partial charge on any atom is -0.325 e. The number of hydrogen-bond acceptors (Lipinski definition) is 3. The maximum absolute atomic E-state index is 11.7. The number of halogens is 1. The van der Waals surface area contributed by atoms with Crippen molar-refractivity contribution in [1.82, 2.24) is 5.32 Å². The van der Waals surface area contributed by atoms with Gasteiger partial charge in [0.1, 0.15) is 0 Å². The van der Waals surface area contributed by atoms with Gasteiger partial charge in [0.05, 0.1) is 6.54 Å². The number of amides is 1. The van der Waals surface area contributed by atoms with E-state index in [0.29, 0.717) is 11.3 Å². The van der Waals surface area contributed by atoms with E-state index in [1.165, 1.54) is 12.8 Å². The molecular formula is C13H17BrN2OS. The average Bonchev–Trinajstić information content (AvgIpc) is 3.10. The molecule has 1 saturated carbocycles. The number of nitrogens with one attached hydrogen (secondary N) is 2. The predicted molar refractivity (Wildman–Crippen MR) is 81.1 cm³/mol. The van der Waals surface area contributed by atoms with Crippen LogP contribution < -0.4 is 10.6 Å². The normalized spacial score (nSPS) is 16.3. The molecule has 2 rings (SSSR count). The van der Waals surface area contributed by atoms with E-state index >= 15 is 0 Å². The van der Waals surface area contributed by atoms with Crippen molar-refractivity contribution < 1.29 is 4.79 Å². The average molecular weight is 329 g/mol. The van der Waals surface area contributed by atoms with E-state index in [2.05, 4.69) is 32.8 Å². The van der Waals surface area contributed by atoms with E-state index in [9.17, 15) is 4.79 Å². The molecule has 5 heteroatoms. The molecule has 98 valence electrons. The number of rotatable bonds is 6. The third-order valence-electron chi connectivity index (χ3n) is 3.08. The lowest BCUT2D eigenvalue weighted by molar-refractivity contribution is -0.115. The second kappa shape index (κ2) is 6.08. The van der Waals surface area contributed by atoms with Crippen LogP contribution >= 0.6 is 27.7 Å². The molecule has 18 heavy (non-hydrogen) atoms. The van der Waals surface area contributed by atoms with E-state index in [0.717, 1.165) is 16.7 Å². The second-order valence-electron chi connectivity index (χ2n) is 4.55. The van der Waals surface area contributed by atoms with Crippen LogP contribution in [-0.4, -0.2) is 30.0 Å². The van der Waals surface area contributed by atoms with Crippen LogP contribution in [0.2, 0.25) is 0 Å². The Kier molecular flexibility index (Phi) is 4.70. The molecule has 0 aromatic heterocycles. The van der Waals surface area contributed by atoms with Crippen LogP contribution in [0.25, 0.3) is 0 Å². The monoisotopic (exact) mass is 328 g/mol. The quantitative estimate of drug-likeness (QED) is 0.843. The SMILES string of the molecule is CSC1(CNCC(=O)Nc2cccc(Br)c2)CC1. The summed E-state index contributed by atoms with van der Waals surface area (Å²) in [5.41, 5.74) is 0.821. The van der Waals surface area contributed by atoms with Crippen LogP contribution in [0.4, 0.5) is 5.69 Å². The van der Waals surface area contributed by atoms with Crippen molar-refractivity contribution >= 4 is 39.3 Å². The van der Waals surface area contributed by atoms with E-state index in [1.807, 2.05) is 36.0 Å². The number of anilines is 1. The van der Waals surface area contributed by atoms with Crippen molar-refractivity contribution in [2.45, 2.75) is 17.6 Å². The van der Waals surface area contributed by atoms with Crippen LogP contribution in [0.1, 0.15) is 12.8 Å². The fourth-order valence-electron chi connectivity index (χ4n) is 1.77. The maximum Gasteiger partial charge on any atom is 0.238 e. The van der Waals surface area contributed by atoms with Gasteiger partial charge in [0, 0.05) is 21.5 Å². The van der Waals surface area contributed by atoms with Gasteiger partial charge in [-0.05, 0) is 37.3 Å². The Balaban J connectivity index is 1.72. The summed E-state index contributed by atoms with van der Waals surface area (Å²) in [4.78, 5) is 11.7. The summed E-state index contributed by atoms with van der Waals surface area (Å²) in [6.45, 7) is 1.29. The third kappa shape index (κ3) is 4.00. The molecule has 1 aliphatic rings. The Morgan fingerprint density at radius 2 is 2.28 bits per heavy atom. The molecular weight excluding hydrogens is 312 g/mol. The Hall–Kier alpha value is -0.520. The predicted octanol–water partition coefficient (Wildman–Crippen LogP) is 2.87. The van der Waals surface area contributed by atoms with Gasteiger partial charge in [-0.2, -0.15) is 11.8 Å². The number of hydrogen-bond donors (Lipinski definition) is 2. The van der Waals surface area contributed by atoms with Crippen molar-refractivity contribution in [3.63, 3.8) is 0 Å². The lowest BCUT2D eigenvalue weighted by atomic mass is 10.3. The molecule has 3 nitrogen and oxygen atoms in total. The van der Waals surface area contributed by atoms with Gasteiger partial charge in [-0.1, -0.05) is 22.0 Å². The number of carbonyl (C=O) groups excluding carboxylic acids is 1. The maximum atomic E-state index is 11.7. The molecule has 0 heterocycles. The zero-order valence-electron chi connectivity index (χ0n) is 10.3. The Bertz CT molecular complexity index is 435. The smallest absolute Gasteiger partial charge is 0.238 e. The van der Waals surface area contributed by atoms with Crippen molar-refractivity contribution in [3.8, 4) is 0 Å². The highest BCUT2D eigenvalue weighted by Crippen LogP contribution is 2.46. The van der Waals surface area contributed by atoms with Crippen molar-refractivity contribution in [1.29, 1.82) is 0 Å². The molecule has 0 saturated heterocycles. The van der Waals surface area contributed by atoms with Gasteiger partial charge in [-0.15, -0.1) is 0 Å². The topological polar surface area (TPSA) is 41.1 Å². The molecule has 1 amide bonds. The first-order chi connectivity index (χ1) is 8.63. The largest absolute Gasteiger partial charge is 0.325 e.